The summed E-state index contributed by atoms with van der Waals surface area (Å²) >= 11 is 1.38. The van der Waals surface area contributed by atoms with Gasteiger partial charge in [-0.05, 0) is 6.42 Å². The summed E-state index contributed by atoms with van der Waals surface area (Å²) in [6.07, 6.45) is 2.98. The molecule has 1 aromatic heterocycles. The van der Waals surface area contributed by atoms with Gasteiger partial charge in [0.25, 0.3) is 5.91 Å². The number of hydrazone groups is 1. The second kappa shape index (κ2) is 5.13. The predicted molar refractivity (Wildman–Crippen MR) is 65.4 cm³/mol. The number of carbonyl (C=O) groups excluding carboxylic acids is 1. The topological polar surface area (TPSA) is 104 Å². The molecule has 8 heteroatoms. The number of rotatable bonds is 3. The first-order chi connectivity index (χ1) is 8.61. The molecule has 1 aromatic rings. The van der Waals surface area contributed by atoms with Gasteiger partial charge in [0.2, 0.25) is 0 Å². The second-order valence-corrected chi connectivity index (χ2v) is 4.71. The molecule has 3 N–H and O–H groups in total. The van der Waals surface area contributed by atoms with Gasteiger partial charge in [0.1, 0.15) is 18.1 Å². The Hall–Kier alpha value is -1.96. The molecule has 0 saturated heterocycles. The average molecular weight is 269 g/mol. The highest BCUT2D eigenvalue weighted by atomic mass is 32.2. The highest BCUT2D eigenvalue weighted by molar-refractivity contribution is 8.14. The van der Waals surface area contributed by atoms with Gasteiger partial charge in [-0.2, -0.15) is 5.10 Å². The van der Waals surface area contributed by atoms with E-state index < -0.39 is 11.9 Å². The number of aromatic carboxylic acids is 1. The number of carboxylic acid groups (broad SMARTS) is 1. The first-order valence-electron chi connectivity index (χ1n) is 5.22. The Balaban J connectivity index is 2.05. The van der Waals surface area contributed by atoms with E-state index in [1.807, 2.05) is 6.92 Å². The summed E-state index contributed by atoms with van der Waals surface area (Å²) in [5, 5.41) is 15.9. The number of thioether (sulfide) groups is 1. The van der Waals surface area contributed by atoms with Crippen LogP contribution in [-0.4, -0.2) is 27.5 Å². The van der Waals surface area contributed by atoms with Crippen molar-refractivity contribution in [3.8, 4) is 0 Å². The van der Waals surface area contributed by atoms with E-state index in [9.17, 15) is 9.59 Å². The van der Waals surface area contributed by atoms with Crippen molar-refractivity contribution >= 4 is 28.8 Å². The molecule has 0 fully saturated rings. The normalized spacial score (nSPS) is 18.1. The predicted octanol–water partition coefficient (Wildman–Crippen LogP) is 1.05. The fourth-order valence-electron chi connectivity index (χ4n) is 1.35. The molecule has 1 unspecified atom stereocenters. The van der Waals surface area contributed by atoms with Gasteiger partial charge in [-0.15, -0.1) is 0 Å². The lowest BCUT2D eigenvalue weighted by atomic mass is 10.2. The molecular formula is C10H11N3O4S. The van der Waals surface area contributed by atoms with E-state index in [1.165, 1.54) is 11.8 Å². The van der Waals surface area contributed by atoms with Crippen molar-refractivity contribution in [3.05, 3.63) is 23.7 Å². The van der Waals surface area contributed by atoms with E-state index in [0.29, 0.717) is 5.17 Å². The summed E-state index contributed by atoms with van der Waals surface area (Å²) in [4.78, 5) is 22.7. The van der Waals surface area contributed by atoms with Crippen LogP contribution in [0.25, 0.3) is 0 Å². The smallest absolute Gasteiger partial charge is 0.339 e. The molecule has 96 valence electrons. The third-order valence-electron chi connectivity index (χ3n) is 2.29. The average Bonchev–Trinajstić information content (AvgIpc) is 2.96. The van der Waals surface area contributed by atoms with Crippen LogP contribution in [0.3, 0.4) is 0 Å². The zero-order valence-electron chi connectivity index (χ0n) is 9.47. The fourth-order valence-corrected chi connectivity index (χ4v) is 2.15. The first kappa shape index (κ1) is 12.5. The molecule has 0 saturated carbocycles. The molecule has 0 aliphatic carbocycles. The molecule has 1 aliphatic rings. The molecule has 2 heterocycles. The van der Waals surface area contributed by atoms with Crippen LogP contribution in [0.1, 0.15) is 34.1 Å². The number of furan rings is 1. The summed E-state index contributed by atoms with van der Waals surface area (Å²) in [6, 6.07) is 0. The SMILES string of the molecule is CCC1NN=C(NC(=O)c2cocc2C(=O)O)S1. The van der Waals surface area contributed by atoms with Crippen LogP contribution in [0, 0.1) is 0 Å². The molecule has 0 spiro atoms. The first-order valence-corrected chi connectivity index (χ1v) is 6.10. The second-order valence-electron chi connectivity index (χ2n) is 3.52. The fraction of sp³-hybridized carbons (Fsp3) is 0.300. The summed E-state index contributed by atoms with van der Waals surface area (Å²) in [5.41, 5.74) is 2.65. The monoisotopic (exact) mass is 269 g/mol. The minimum Gasteiger partial charge on any atom is -0.478 e. The molecule has 1 aliphatic heterocycles. The van der Waals surface area contributed by atoms with Crippen molar-refractivity contribution in [1.82, 2.24) is 10.7 Å². The number of carboxylic acids is 1. The molecule has 2 rings (SSSR count). The third-order valence-corrected chi connectivity index (χ3v) is 3.43. The molecule has 18 heavy (non-hydrogen) atoms. The molecular weight excluding hydrogens is 258 g/mol. The van der Waals surface area contributed by atoms with Crippen molar-refractivity contribution in [3.63, 3.8) is 0 Å². The Morgan fingerprint density at radius 3 is 2.89 bits per heavy atom. The molecule has 1 amide bonds. The van der Waals surface area contributed by atoms with E-state index in [0.717, 1.165) is 18.9 Å². The van der Waals surface area contributed by atoms with Crippen LogP contribution in [0.2, 0.25) is 0 Å². The Morgan fingerprint density at radius 2 is 2.28 bits per heavy atom. The maximum Gasteiger partial charge on any atom is 0.339 e. The standard InChI is InChI=1S/C10H11N3O4S/c1-2-7-12-13-10(18-7)11-8(14)5-3-17-4-6(5)9(15)16/h3-4,7,12H,2H2,1H3,(H,15,16)(H,11,13,14). The third kappa shape index (κ3) is 2.48. The lowest BCUT2D eigenvalue weighted by molar-refractivity contribution is 0.0691. The number of carbonyl (C=O) groups is 2. The Morgan fingerprint density at radius 1 is 1.56 bits per heavy atom. The lowest BCUT2D eigenvalue weighted by Crippen LogP contribution is -2.28. The van der Waals surface area contributed by atoms with Gasteiger partial charge in [-0.25, -0.2) is 4.79 Å². The molecule has 7 nitrogen and oxygen atoms in total. The Bertz CT molecular complexity index is 511. The van der Waals surface area contributed by atoms with Crippen molar-refractivity contribution in [2.75, 3.05) is 0 Å². The highest BCUT2D eigenvalue weighted by Gasteiger charge is 2.23. The quantitative estimate of drug-likeness (QED) is 0.757. The van der Waals surface area contributed by atoms with Crippen LogP contribution < -0.4 is 10.7 Å². The highest BCUT2D eigenvalue weighted by Crippen LogP contribution is 2.18. The van der Waals surface area contributed by atoms with Gasteiger partial charge in [0, 0.05) is 0 Å². The van der Waals surface area contributed by atoms with Gasteiger partial charge < -0.3 is 9.52 Å². The molecule has 0 aromatic carbocycles. The summed E-state index contributed by atoms with van der Waals surface area (Å²) in [5.74, 6) is -1.76. The maximum absolute atomic E-state index is 11.8. The van der Waals surface area contributed by atoms with Gasteiger partial charge in [0.05, 0.1) is 10.9 Å². The minimum absolute atomic E-state index is 0.0225. The Kier molecular flexibility index (Phi) is 3.56. The summed E-state index contributed by atoms with van der Waals surface area (Å²) in [7, 11) is 0. The van der Waals surface area contributed by atoms with E-state index >= 15 is 0 Å². The van der Waals surface area contributed by atoms with Crippen molar-refractivity contribution < 1.29 is 19.1 Å². The van der Waals surface area contributed by atoms with Gasteiger partial charge in [-0.1, -0.05) is 18.7 Å². The molecule has 1 atom stereocenters. The van der Waals surface area contributed by atoms with Crippen LogP contribution >= 0.6 is 11.8 Å². The number of amidine groups is 1. The van der Waals surface area contributed by atoms with Gasteiger partial charge >= 0.3 is 5.97 Å². The lowest BCUT2D eigenvalue weighted by Gasteiger charge is -2.04. The number of amides is 1. The van der Waals surface area contributed by atoms with Crippen LogP contribution in [0.4, 0.5) is 0 Å². The van der Waals surface area contributed by atoms with Crippen LogP contribution in [0.15, 0.2) is 22.0 Å². The van der Waals surface area contributed by atoms with E-state index in [-0.39, 0.29) is 16.5 Å². The summed E-state index contributed by atoms with van der Waals surface area (Å²) < 4.78 is 4.73. The summed E-state index contributed by atoms with van der Waals surface area (Å²) in [6.45, 7) is 1.99. The zero-order valence-corrected chi connectivity index (χ0v) is 10.3. The van der Waals surface area contributed by atoms with Crippen molar-refractivity contribution in [2.24, 2.45) is 5.10 Å². The van der Waals surface area contributed by atoms with Gasteiger partial charge in [0.15, 0.2) is 5.17 Å². The Labute approximate surface area is 107 Å². The number of nitrogens with zero attached hydrogens (tertiary/aromatic N) is 1. The molecule has 0 bridgehead atoms. The molecule has 0 radical (unpaired) electrons. The largest absolute Gasteiger partial charge is 0.478 e. The van der Waals surface area contributed by atoms with Crippen LogP contribution in [0.5, 0.6) is 0 Å². The van der Waals surface area contributed by atoms with E-state index in [4.69, 9.17) is 9.52 Å². The number of hydrogen-bond donors (Lipinski definition) is 3. The van der Waals surface area contributed by atoms with Crippen LogP contribution in [-0.2, 0) is 0 Å². The number of nitrogens with one attached hydrogen (secondary N) is 2. The van der Waals surface area contributed by atoms with E-state index in [1.54, 1.807) is 0 Å². The van der Waals surface area contributed by atoms with Gasteiger partial charge in [-0.3, -0.25) is 15.5 Å². The minimum atomic E-state index is -1.21. The van der Waals surface area contributed by atoms with E-state index in [2.05, 4.69) is 15.8 Å². The maximum atomic E-state index is 11.8. The van der Waals surface area contributed by atoms with Crippen molar-refractivity contribution in [2.45, 2.75) is 18.7 Å². The van der Waals surface area contributed by atoms with Crippen molar-refractivity contribution in [1.29, 1.82) is 0 Å². The zero-order chi connectivity index (χ0) is 13.1. The number of hydrogen-bond acceptors (Lipinski definition) is 6.